The summed E-state index contributed by atoms with van der Waals surface area (Å²) >= 11 is 0. The second-order valence-electron chi connectivity index (χ2n) is 4.94. The van der Waals surface area contributed by atoms with Gasteiger partial charge < -0.3 is 20.1 Å². The van der Waals surface area contributed by atoms with Crippen LogP contribution in [-0.2, 0) is 9.53 Å². The maximum atomic E-state index is 11.6. The Bertz CT molecular complexity index is 230. The van der Waals surface area contributed by atoms with Crippen LogP contribution in [0.15, 0.2) is 0 Å². The zero-order chi connectivity index (χ0) is 13.5. The van der Waals surface area contributed by atoms with Crippen molar-refractivity contribution in [2.24, 2.45) is 0 Å². The zero-order valence-corrected chi connectivity index (χ0v) is 11.6. The highest BCUT2D eigenvalue weighted by atomic mass is 16.5. The average molecular weight is 246 g/mol. The summed E-state index contributed by atoms with van der Waals surface area (Å²) in [5.74, 6) is 0.0301. The van der Waals surface area contributed by atoms with Crippen LogP contribution >= 0.6 is 0 Å². The first-order chi connectivity index (χ1) is 7.80. The number of likely N-dealkylation sites (N-methyl/N-ethyl adjacent to an activating group) is 1. The number of nitrogens with one attached hydrogen (secondary N) is 1. The molecule has 0 spiro atoms. The monoisotopic (exact) mass is 246 g/mol. The number of nitrogens with zero attached hydrogens (tertiary/aromatic N) is 1. The number of aliphatic hydroxyl groups is 1. The highest BCUT2D eigenvalue weighted by molar-refractivity contribution is 5.78. The molecular formula is C12H26N2O3. The summed E-state index contributed by atoms with van der Waals surface area (Å²) in [6, 6.07) is 0.193. The normalized spacial score (nSPS) is 14.8. The number of hydrogen-bond acceptors (Lipinski definition) is 4. The van der Waals surface area contributed by atoms with E-state index in [9.17, 15) is 9.90 Å². The third-order valence-corrected chi connectivity index (χ3v) is 2.79. The maximum absolute atomic E-state index is 11.6. The average Bonchev–Trinajstić information content (AvgIpc) is 2.24. The Kier molecular flexibility index (Phi) is 7.34. The Morgan fingerprint density at radius 2 is 2.12 bits per heavy atom. The molecule has 0 rings (SSSR count). The van der Waals surface area contributed by atoms with Gasteiger partial charge in [0.15, 0.2) is 0 Å². The van der Waals surface area contributed by atoms with Crippen molar-refractivity contribution in [1.82, 2.24) is 10.2 Å². The van der Waals surface area contributed by atoms with E-state index in [2.05, 4.69) is 5.32 Å². The van der Waals surface area contributed by atoms with Crippen LogP contribution in [0.2, 0.25) is 0 Å². The van der Waals surface area contributed by atoms with Crippen molar-refractivity contribution in [3.63, 3.8) is 0 Å². The van der Waals surface area contributed by atoms with Gasteiger partial charge in [-0.3, -0.25) is 4.79 Å². The molecule has 102 valence electrons. The van der Waals surface area contributed by atoms with Gasteiger partial charge in [-0.25, -0.2) is 0 Å². The SMILES string of the molecule is COCCC(C)(O)CNCC(=O)N(C)C(C)C. The first-order valence-electron chi connectivity index (χ1n) is 5.98. The van der Waals surface area contributed by atoms with Crippen LogP contribution in [-0.4, -0.2) is 61.4 Å². The molecule has 0 heterocycles. The van der Waals surface area contributed by atoms with Crippen LogP contribution in [0.1, 0.15) is 27.2 Å². The first-order valence-corrected chi connectivity index (χ1v) is 5.98. The fourth-order valence-electron chi connectivity index (χ4n) is 1.26. The molecule has 0 aromatic heterocycles. The number of hydrogen-bond donors (Lipinski definition) is 2. The molecule has 0 aromatic rings. The van der Waals surface area contributed by atoms with E-state index in [0.717, 1.165) is 0 Å². The van der Waals surface area contributed by atoms with Gasteiger partial charge in [-0.05, 0) is 20.8 Å². The number of carbonyl (C=O) groups excluding carboxylic acids is 1. The summed E-state index contributed by atoms with van der Waals surface area (Å²) in [5, 5.41) is 12.9. The van der Waals surface area contributed by atoms with Crippen LogP contribution in [0.5, 0.6) is 0 Å². The van der Waals surface area contributed by atoms with Gasteiger partial charge in [-0.1, -0.05) is 0 Å². The quantitative estimate of drug-likeness (QED) is 0.643. The molecule has 1 atom stereocenters. The molecule has 0 bridgehead atoms. The van der Waals surface area contributed by atoms with E-state index in [1.807, 2.05) is 13.8 Å². The van der Waals surface area contributed by atoms with Crippen molar-refractivity contribution in [2.45, 2.75) is 38.8 Å². The molecule has 0 aliphatic rings. The summed E-state index contributed by atoms with van der Waals surface area (Å²) < 4.78 is 4.91. The van der Waals surface area contributed by atoms with Crippen LogP contribution < -0.4 is 5.32 Å². The van der Waals surface area contributed by atoms with Crippen molar-refractivity contribution in [3.8, 4) is 0 Å². The predicted molar refractivity (Wildman–Crippen MR) is 67.9 cm³/mol. The summed E-state index contributed by atoms with van der Waals surface area (Å²) in [5.41, 5.74) is -0.841. The second-order valence-corrected chi connectivity index (χ2v) is 4.94. The molecule has 0 aliphatic carbocycles. The van der Waals surface area contributed by atoms with Gasteiger partial charge in [-0.2, -0.15) is 0 Å². The van der Waals surface area contributed by atoms with Crippen molar-refractivity contribution in [1.29, 1.82) is 0 Å². The van der Waals surface area contributed by atoms with Crippen molar-refractivity contribution in [2.75, 3.05) is 33.9 Å². The molecule has 5 nitrogen and oxygen atoms in total. The largest absolute Gasteiger partial charge is 0.389 e. The molecule has 2 N–H and O–H groups in total. The molecule has 17 heavy (non-hydrogen) atoms. The lowest BCUT2D eigenvalue weighted by molar-refractivity contribution is -0.130. The lowest BCUT2D eigenvalue weighted by Gasteiger charge is -2.25. The second kappa shape index (κ2) is 7.63. The Hall–Kier alpha value is -0.650. The smallest absolute Gasteiger partial charge is 0.236 e. The Labute approximate surface area is 104 Å². The molecule has 1 unspecified atom stereocenters. The van der Waals surface area contributed by atoms with E-state index < -0.39 is 5.60 Å². The summed E-state index contributed by atoms with van der Waals surface area (Å²) in [6.07, 6.45) is 0.546. The standard InChI is InChI=1S/C12H26N2O3/c1-10(2)14(4)11(15)8-13-9-12(3,16)6-7-17-5/h10,13,16H,6-9H2,1-5H3. The molecule has 0 aliphatic heterocycles. The van der Waals surface area contributed by atoms with E-state index >= 15 is 0 Å². The minimum atomic E-state index is -0.841. The lowest BCUT2D eigenvalue weighted by atomic mass is 10.0. The summed E-state index contributed by atoms with van der Waals surface area (Å²) in [4.78, 5) is 13.3. The predicted octanol–water partition coefficient (Wildman–Crippen LogP) is 0.230. The van der Waals surface area contributed by atoms with Crippen molar-refractivity contribution >= 4 is 5.91 Å². The number of ether oxygens (including phenoxy) is 1. The molecule has 0 fully saturated rings. The zero-order valence-electron chi connectivity index (χ0n) is 11.6. The van der Waals surface area contributed by atoms with Crippen molar-refractivity contribution in [3.05, 3.63) is 0 Å². The fraction of sp³-hybridized carbons (Fsp3) is 0.917. The highest BCUT2D eigenvalue weighted by Crippen LogP contribution is 2.07. The summed E-state index contributed by atoms with van der Waals surface area (Å²) in [6.45, 7) is 6.80. The molecule has 5 heteroatoms. The van der Waals surface area contributed by atoms with Gasteiger partial charge >= 0.3 is 0 Å². The minimum absolute atomic E-state index is 0.0301. The van der Waals surface area contributed by atoms with E-state index in [1.54, 1.807) is 26.0 Å². The van der Waals surface area contributed by atoms with Crippen LogP contribution in [0, 0.1) is 0 Å². The minimum Gasteiger partial charge on any atom is -0.389 e. The number of carbonyl (C=O) groups is 1. The van der Waals surface area contributed by atoms with Crippen molar-refractivity contribution < 1.29 is 14.6 Å². The van der Waals surface area contributed by atoms with E-state index in [1.165, 1.54) is 0 Å². The molecule has 0 saturated carbocycles. The van der Waals surface area contributed by atoms with Gasteiger partial charge in [-0.15, -0.1) is 0 Å². The molecule has 0 aromatic carbocycles. The third kappa shape index (κ3) is 7.31. The summed E-state index contributed by atoms with van der Waals surface area (Å²) in [7, 11) is 3.38. The Morgan fingerprint density at radius 3 is 2.59 bits per heavy atom. The van der Waals surface area contributed by atoms with Gasteiger partial charge in [0.25, 0.3) is 0 Å². The topological polar surface area (TPSA) is 61.8 Å². The highest BCUT2D eigenvalue weighted by Gasteiger charge is 2.20. The van der Waals surface area contributed by atoms with Gasteiger partial charge in [0.05, 0.1) is 12.1 Å². The fourth-order valence-corrected chi connectivity index (χ4v) is 1.26. The lowest BCUT2D eigenvalue weighted by Crippen LogP contribution is -2.44. The number of rotatable bonds is 8. The van der Waals surface area contributed by atoms with E-state index in [-0.39, 0.29) is 18.5 Å². The molecule has 0 radical (unpaired) electrons. The molecule has 0 saturated heterocycles. The van der Waals surface area contributed by atoms with E-state index in [4.69, 9.17) is 4.74 Å². The number of methoxy groups -OCH3 is 1. The van der Waals surface area contributed by atoms with Gasteiger partial charge in [0.2, 0.25) is 5.91 Å². The number of amides is 1. The third-order valence-electron chi connectivity index (χ3n) is 2.79. The van der Waals surface area contributed by atoms with Gasteiger partial charge in [0.1, 0.15) is 0 Å². The van der Waals surface area contributed by atoms with Gasteiger partial charge in [0, 0.05) is 39.8 Å². The van der Waals surface area contributed by atoms with Crippen LogP contribution in [0.3, 0.4) is 0 Å². The first kappa shape index (κ1) is 16.4. The molecular weight excluding hydrogens is 220 g/mol. The van der Waals surface area contributed by atoms with Crippen LogP contribution in [0.25, 0.3) is 0 Å². The molecule has 1 amide bonds. The van der Waals surface area contributed by atoms with E-state index in [0.29, 0.717) is 19.6 Å². The Balaban J connectivity index is 3.86. The van der Waals surface area contributed by atoms with Crippen LogP contribution in [0.4, 0.5) is 0 Å². The maximum Gasteiger partial charge on any atom is 0.236 e. The Morgan fingerprint density at radius 1 is 1.53 bits per heavy atom.